The molecule has 0 heterocycles. The van der Waals surface area contributed by atoms with E-state index in [-0.39, 0.29) is 22.9 Å². The van der Waals surface area contributed by atoms with Crippen molar-refractivity contribution in [3.05, 3.63) is 48.5 Å². The van der Waals surface area contributed by atoms with Crippen LogP contribution >= 0.6 is 11.8 Å². The van der Waals surface area contributed by atoms with Crippen LogP contribution in [0, 0.1) is 0 Å². The van der Waals surface area contributed by atoms with Crippen molar-refractivity contribution in [3.8, 4) is 5.75 Å². The lowest BCUT2D eigenvalue weighted by atomic mass is 10.1. The van der Waals surface area contributed by atoms with Crippen molar-refractivity contribution < 1.29 is 17.9 Å². The molecule has 0 aromatic heterocycles. The number of rotatable bonds is 8. The number of amides is 1. The van der Waals surface area contributed by atoms with E-state index >= 15 is 0 Å². The Morgan fingerprint density at radius 2 is 1.71 bits per heavy atom. The molecule has 28 heavy (non-hydrogen) atoms. The average molecular weight is 423 g/mol. The Hall–Kier alpha value is -2.03. The van der Waals surface area contributed by atoms with Crippen LogP contribution in [0.5, 0.6) is 5.75 Å². The van der Waals surface area contributed by atoms with Crippen molar-refractivity contribution in [1.29, 1.82) is 0 Å². The van der Waals surface area contributed by atoms with Crippen LogP contribution in [0.1, 0.15) is 27.2 Å². The third-order valence-electron chi connectivity index (χ3n) is 3.55. The summed E-state index contributed by atoms with van der Waals surface area (Å²) in [5, 5.41) is 2.72. The lowest BCUT2D eigenvalue weighted by Crippen LogP contribution is -2.40. The minimum absolute atomic E-state index is 0.0566. The molecule has 0 fully saturated rings. The second-order valence-electron chi connectivity index (χ2n) is 7.17. The molecule has 2 aromatic rings. The number of anilines is 1. The molecule has 6 nitrogen and oxygen atoms in total. The van der Waals surface area contributed by atoms with Crippen LogP contribution < -0.4 is 14.8 Å². The monoisotopic (exact) mass is 422 g/mol. The van der Waals surface area contributed by atoms with Gasteiger partial charge >= 0.3 is 0 Å². The number of thioether (sulfide) groups is 1. The lowest BCUT2D eigenvalue weighted by Gasteiger charge is -2.21. The summed E-state index contributed by atoms with van der Waals surface area (Å²) in [5.74, 6) is 1.12. The zero-order valence-corrected chi connectivity index (χ0v) is 18.1. The number of carbonyl (C=O) groups excluding carboxylic acids is 1. The van der Waals surface area contributed by atoms with Gasteiger partial charge in [-0.3, -0.25) is 4.79 Å². The number of carbonyl (C=O) groups is 1. The fraction of sp³-hybridized carbons (Fsp3) is 0.350. The number of ether oxygens (including phenoxy) is 1. The van der Waals surface area contributed by atoms with Crippen LogP contribution in [-0.2, 0) is 14.8 Å². The Labute approximate surface area is 171 Å². The molecular weight excluding hydrogens is 396 g/mol. The second-order valence-corrected chi connectivity index (χ2v) is 9.99. The highest BCUT2D eigenvalue weighted by molar-refractivity contribution is 7.99. The van der Waals surface area contributed by atoms with E-state index in [1.54, 1.807) is 57.8 Å². The molecule has 0 aliphatic heterocycles. The van der Waals surface area contributed by atoms with Gasteiger partial charge < -0.3 is 10.1 Å². The summed E-state index contributed by atoms with van der Waals surface area (Å²) in [6.07, 6.45) is 0.262. The van der Waals surface area contributed by atoms with E-state index < -0.39 is 15.6 Å². The van der Waals surface area contributed by atoms with Gasteiger partial charge in [0, 0.05) is 22.6 Å². The second kappa shape index (κ2) is 9.45. The highest BCUT2D eigenvalue weighted by Gasteiger charge is 2.24. The summed E-state index contributed by atoms with van der Waals surface area (Å²) in [4.78, 5) is 13.4. The van der Waals surface area contributed by atoms with E-state index in [0.29, 0.717) is 5.75 Å². The van der Waals surface area contributed by atoms with E-state index in [0.717, 1.165) is 10.6 Å². The third-order valence-corrected chi connectivity index (χ3v) is 6.38. The van der Waals surface area contributed by atoms with E-state index in [9.17, 15) is 13.2 Å². The van der Waals surface area contributed by atoms with Crippen LogP contribution in [0.15, 0.2) is 58.3 Å². The minimum Gasteiger partial charge on any atom is -0.497 e. The Morgan fingerprint density at radius 3 is 2.32 bits per heavy atom. The maximum Gasteiger partial charge on any atom is 0.243 e. The molecular formula is C20H26N2O4S2. The third kappa shape index (κ3) is 6.85. The van der Waals surface area contributed by atoms with Crippen LogP contribution in [0.2, 0.25) is 0 Å². The smallest absolute Gasteiger partial charge is 0.243 e. The highest BCUT2D eigenvalue weighted by Crippen LogP contribution is 2.24. The maximum atomic E-state index is 12.6. The Kier molecular flexibility index (Phi) is 7.51. The first-order valence-corrected chi connectivity index (χ1v) is 11.3. The topological polar surface area (TPSA) is 84.5 Å². The molecule has 0 spiro atoms. The summed E-state index contributed by atoms with van der Waals surface area (Å²) in [5.41, 5.74) is -0.344. The number of nitrogens with one attached hydrogen (secondary N) is 2. The van der Waals surface area contributed by atoms with Crippen molar-refractivity contribution >= 4 is 33.4 Å². The molecule has 8 heteroatoms. The average Bonchev–Trinajstić information content (AvgIpc) is 2.60. The molecule has 0 bridgehead atoms. The molecule has 0 radical (unpaired) electrons. The molecule has 0 saturated heterocycles. The van der Waals surface area contributed by atoms with Gasteiger partial charge in [-0.15, -0.1) is 11.8 Å². The van der Waals surface area contributed by atoms with Crippen LogP contribution in [0.25, 0.3) is 0 Å². The fourth-order valence-corrected chi connectivity index (χ4v) is 4.84. The van der Waals surface area contributed by atoms with E-state index in [1.807, 2.05) is 24.3 Å². The van der Waals surface area contributed by atoms with Gasteiger partial charge in [0.05, 0.1) is 12.8 Å². The first-order valence-electron chi connectivity index (χ1n) is 8.80. The molecule has 2 N–H and O–H groups in total. The molecule has 0 aliphatic rings. The zero-order valence-electron chi connectivity index (χ0n) is 16.5. The summed E-state index contributed by atoms with van der Waals surface area (Å²) in [7, 11) is -2.13. The largest absolute Gasteiger partial charge is 0.497 e. The van der Waals surface area contributed by atoms with Crippen molar-refractivity contribution in [2.24, 2.45) is 0 Å². The summed E-state index contributed by atoms with van der Waals surface area (Å²) in [6, 6.07) is 14.0. The summed E-state index contributed by atoms with van der Waals surface area (Å²) >= 11 is 1.55. The predicted molar refractivity (Wildman–Crippen MR) is 113 cm³/mol. The van der Waals surface area contributed by atoms with Gasteiger partial charge in [0.1, 0.15) is 10.6 Å². The van der Waals surface area contributed by atoms with Crippen LogP contribution in [0.4, 0.5) is 5.69 Å². The van der Waals surface area contributed by atoms with Gasteiger partial charge in [-0.2, -0.15) is 0 Å². The van der Waals surface area contributed by atoms with Crippen LogP contribution in [0.3, 0.4) is 0 Å². The summed E-state index contributed by atoms with van der Waals surface area (Å²) in [6.45, 7) is 5.30. The number of methoxy groups -OCH3 is 1. The first-order chi connectivity index (χ1) is 13.1. The Balaban J connectivity index is 1.98. The Morgan fingerprint density at radius 1 is 1.07 bits per heavy atom. The number of para-hydroxylation sites is 1. The molecule has 0 aliphatic carbocycles. The lowest BCUT2D eigenvalue weighted by molar-refractivity contribution is -0.115. The van der Waals surface area contributed by atoms with E-state index in [1.165, 1.54) is 6.07 Å². The van der Waals surface area contributed by atoms with Gasteiger partial charge in [-0.1, -0.05) is 12.1 Å². The van der Waals surface area contributed by atoms with Crippen LogP contribution in [-0.4, -0.2) is 32.7 Å². The number of benzene rings is 2. The SMILES string of the molecule is COc1ccc(SCCC(=O)Nc2ccccc2S(=O)(=O)NC(C)(C)C)cc1. The first kappa shape index (κ1) is 22.3. The molecule has 2 rings (SSSR count). The fourth-order valence-electron chi connectivity index (χ4n) is 2.41. The Bertz CT molecular complexity index is 905. The van der Waals surface area contributed by atoms with Gasteiger partial charge in [-0.25, -0.2) is 13.1 Å². The normalized spacial score (nSPS) is 11.9. The quantitative estimate of drug-likeness (QED) is 0.631. The van der Waals surface area contributed by atoms with Gasteiger partial charge in [0.2, 0.25) is 15.9 Å². The van der Waals surface area contributed by atoms with Crippen molar-refractivity contribution in [2.75, 3.05) is 18.2 Å². The summed E-state index contributed by atoms with van der Waals surface area (Å²) < 4.78 is 33.0. The number of hydrogen-bond donors (Lipinski definition) is 2. The molecule has 0 atom stereocenters. The molecule has 2 aromatic carbocycles. The van der Waals surface area contributed by atoms with Crippen molar-refractivity contribution in [2.45, 2.75) is 42.5 Å². The zero-order chi connectivity index (χ0) is 20.8. The molecule has 0 saturated carbocycles. The maximum absolute atomic E-state index is 12.6. The molecule has 1 amide bonds. The standard InChI is InChI=1S/C20H26N2O4S2/c1-20(2,3)22-28(24,25)18-8-6-5-7-17(18)21-19(23)13-14-27-16-11-9-15(26-4)10-12-16/h5-12,22H,13-14H2,1-4H3,(H,21,23). The van der Waals surface area contributed by atoms with Crippen molar-refractivity contribution in [1.82, 2.24) is 4.72 Å². The molecule has 0 unspecified atom stereocenters. The van der Waals surface area contributed by atoms with E-state index in [2.05, 4.69) is 10.0 Å². The number of sulfonamides is 1. The van der Waals surface area contributed by atoms with Gasteiger partial charge in [0.25, 0.3) is 0 Å². The number of hydrogen-bond acceptors (Lipinski definition) is 5. The highest BCUT2D eigenvalue weighted by atomic mass is 32.2. The molecule has 152 valence electrons. The van der Waals surface area contributed by atoms with Crippen molar-refractivity contribution in [3.63, 3.8) is 0 Å². The van der Waals surface area contributed by atoms with E-state index in [4.69, 9.17) is 4.74 Å². The minimum atomic E-state index is -3.75. The predicted octanol–water partition coefficient (Wildman–Crippen LogP) is 3.89. The van der Waals surface area contributed by atoms with Gasteiger partial charge in [-0.05, 0) is 57.2 Å². The van der Waals surface area contributed by atoms with Gasteiger partial charge in [0.15, 0.2) is 0 Å².